The van der Waals surface area contributed by atoms with Crippen LogP contribution in [0.15, 0.2) is 10.4 Å². The van der Waals surface area contributed by atoms with E-state index in [1.54, 1.807) is 26.2 Å². The number of amides is 1. The van der Waals surface area contributed by atoms with Crippen molar-refractivity contribution in [2.24, 2.45) is 10.9 Å². The van der Waals surface area contributed by atoms with Crippen LogP contribution in [0.2, 0.25) is 0 Å². The van der Waals surface area contributed by atoms with Crippen LogP contribution in [-0.2, 0) is 9.57 Å². The topological polar surface area (TPSA) is 108 Å². The largest absolute Gasteiger partial charge is 0.467 e. The second-order valence-corrected chi connectivity index (χ2v) is 5.42. The molecule has 112 valence electrons. The smallest absolute Gasteiger partial charge is 0.412 e. The molecule has 3 N–H and O–H groups in total. The van der Waals surface area contributed by atoms with Gasteiger partial charge in [0.15, 0.2) is 5.82 Å². The Morgan fingerprint density at radius 2 is 2.30 bits per heavy atom. The molecule has 0 radical (unpaired) electrons. The molecule has 0 aliphatic rings. The number of nitrogens with two attached hydrogens (primary N) is 1. The Bertz CT molecular complexity index is 456. The summed E-state index contributed by atoms with van der Waals surface area (Å²) in [6.07, 6.45) is 0.642. The molecule has 9 heteroatoms. The first-order valence-corrected chi connectivity index (χ1v) is 6.71. The van der Waals surface area contributed by atoms with E-state index in [1.807, 2.05) is 0 Å². The summed E-state index contributed by atoms with van der Waals surface area (Å²) in [6.45, 7) is 5.91. The molecule has 0 aromatic carbocycles. The highest BCUT2D eigenvalue weighted by Gasteiger charge is 2.14. The van der Waals surface area contributed by atoms with Crippen LogP contribution in [0, 0.1) is 0 Å². The molecule has 1 aromatic heterocycles. The highest BCUT2D eigenvalue weighted by Crippen LogP contribution is 2.23. The summed E-state index contributed by atoms with van der Waals surface area (Å²) in [5, 5.41) is 4.52. The number of aliphatic imine (C=N–C) groups is 1. The predicted molar refractivity (Wildman–Crippen MR) is 75.3 cm³/mol. The standard InChI is InChI=1S/C11H18N4O4S/c1-11(2,3)19-9(16)14-7-13-8-6-20-10(15-8)17-4-5-18-12/h6-7H,4-5,12H2,1-3H3,(H,13,14,16). The maximum atomic E-state index is 11.3. The fourth-order valence-electron chi connectivity index (χ4n) is 1.01. The van der Waals surface area contributed by atoms with Gasteiger partial charge in [0.2, 0.25) is 0 Å². The third-order valence-electron chi connectivity index (χ3n) is 1.68. The zero-order valence-electron chi connectivity index (χ0n) is 11.6. The predicted octanol–water partition coefficient (Wildman–Crippen LogP) is 1.60. The Morgan fingerprint density at radius 1 is 1.55 bits per heavy atom. The van der Waals surface area contributed by atoms with Gasteiger partial charge in [0, 0.05) is 5.38 Å². The minimum atomic E-state index is -0.576. The van der Waals surface area contributed by atoms with E-state index in [4.69, 9.17) is 15.4 Å². The summed E-state index contributed by atoms with van der Waals surface area (Å²) in [4.78, 5) is 23.7. The van der Waals surface area contributed by atoms with Crippen LogP contribution in [-0.4, -0.2) is 36.2 Å². The summed E-state index contributed by atoms with van der Waals surface area (Å²) in [7, 11) is 0. The quantitative estimate of drug-likeness (QED) is 0.357. The van der Waals surface area contributed by atoms with Gasteiger partial charge >= 0.3 is 6.09 Å². The minimum absolute atomic E-state index is 0.276. The summed E-state index contributed by atoms with van der Waals surface area (Å²) in [6, 6.07) is 0. The lowest BCUT2D eigenvalue weighted by molar-refractivity contribution is 0.0565. The van der Waals surface area contributed by atoms with Gasteiger partial charge in [-0.2, -0.15) is 4.98 Å². The Balaban J connectivity index is 2.37. The van der Waals surface area contributed by atoms with E-state index < -0.39 is 11.7 Å². The number of ether oxygens (including phenoxy) is 2. The summed E-state index contributed by atoms with van der Waals surface area (Å²) >= 11 is 1.28. The number of aromatic nitrogens is 1. The Morgan fingerprint density at radius 3 is 2.95 bits per heavy atom. The molecule has 0 fully saturated rings. The maximum Gasteiger partial charge on any atom is 0.412 e. The van der Waals surface area contributed by atoms with Gasteiger partial charge in [0.05, 0.1) is 6.34 Å². The van der Waals surface area contributed by atoms with Crippen LogP contribution in [0.25, 0.3) is 0 Å². The van der Waals surface area contributed by atoms with Crippen LogP contribution in [0.3, 0.4) is 0 Å². The van der Waals surface area contributed by atoms with E-state index in [0.717, 1.165) is 0 Å². The fourth-order valence-corrected chi connectivity index (χ4v) is 1.63. The molecule has 0 aliphatic heterocycles. The first-order chi connectivity index (χ1) is 9.40. The van der Waals surface area contributed by atoms with Gasteiger partial charge in [0.25, 0.3) is 5.19 Å². The molecular weight excluding hydrogens is 284 g/mol. The van der Waals surface area contributed by atoms with Gasteiger partial charge in [0.1, 0.15) is 18.8 Å². The third-order valence-corrected chi connectivity index (χ3v) is 2.42. The van der Waals surface area contributed by atoms with Crippen molar-refractivity contribution in [1.82, 2.24) is 10.3 Å². The van der Waals surface area contributed by atoms with Crippen LogP contribution in [0.1, 0.15) is 20.8 Å². The maximum absolute atomic E-state index is 11.3. The van der Waals surface area contributed by atoms with Crippen molar-refractivity contribution < 1.29 is 19.1 Å². The number of nitrogens with one attached hydrogen (secondary N) is 1. The zero-order valence-corrected chi connectivity index (χ0v) is 12.4. The first kappa shape index (κ1) is 16.3. The van der Waals surface area contributed by atoms with Gasteiger partial charge in [-0.15, -0.1) is 0 Å². The van der Waals surface area contributed by atoms with E-state index in [0.29, 0.717) is 17.6 Å². The van der Waals surface area contributed by atoms with Crippen molar-refractivity contribution in [3.05, 3.63) is 5.38 Å². The molecule has 0 spiro atoms. The van der Waals surface area contributed by atoms with E-state index >= 15 is 0 Å². The highest BCUT2D eigenvalue weighted by atomic mass is 32.1. The molecule has 0 unspecified atom stereocenters. The average Bonchev–Trinajstić information content (AvgIpc) is 2.75. The van der Waals surface area contributed by atoms with Gasteiger partial charge in [-0.05, 0) is 20.8 Å². The number of hydrogen-bond acceptors (Lipinski definition) is 8. The molecule has 0 bridgehead atoms. The van der Waals surface area contributed by atoms with E-state index in [2.05, 4.69) is 20.1 Å². The average molecular weight is 302 g/mol. The Labute approximate surface area is 120 Å². The molecule has 0 saturated carbocycles. The highest BCUT2D eigenvalue weighted by molar-refractivity contribution is 7.11. The number of rotatable bonds is 6. The van der Waals surface area contributed by atoms with Crippen molar-refractivity contribution in [2.75, 3.05) is 13.2 Å². The van der Waals surface area contributed by atoms with Crippen LogP contribution in [0.5, 0.6) is 5.19 Å². The first-order valence-electron chi connectivity index (χ1n) is 5.83. The number of nitrogens with zero attached hydrogens (tertiary/aromatic N) is 2. The zero-order chi connectivity index (χ0) is 15.0. The number of thiazole rings is 1. The minimum Gasteiger partial charge on any atom is -0.467 e. The van der Waals surface area contributed by atoms with Crippen LogP contribution < -0.4 is 16.0 Å². The normalized spacial score (nSPS) is 11.6. The van der Waals surface area contributed by atoms with Gasteiger partial charge < -0.3 is 14.3 Å². The van der Waals surface area contributed by atoms with E-state index in [-0.39, 0.29) is 6.61 Å². The Kier molecular flexibility index (Phi) is 6.36. The summed E-state index contributed by atoms with van der Waals surface area (Å²) in [5.74, 6) is 5.29. The van der Waals surface area contributed by atoms with Crippen LogP contribution in [0.4, 0.5) is 10.6 Å². The molecule has 0 aliphatic carbocycles. The van der Waals surface area contributed by atoms with Crippen molar-refractivity contribution in [3.8, 4) is 5.19 Å². The molecule has 1 amide bonds. The molecule has 1 aromatic rings. The second kappa shape index (κ2) is 7.78. The SMILES string of the molecule is CC(C)(C)OC(=O)NC=Nc1csc(OCCON)n1. The summed E-state index contributed by atoms with van der Waals surface area (Å²) < 4.78 is 10.3. The van der Waals surface area contributed by atoms with Gasteiger partial charge in [-0.25, -0.2) is 15.7 Å². The molecule has 8 nitrogen and oxygen atoms in total. The van der Waals surface area contributed by atoms with E-state index in [1.165, 1.54) is 17.7 Å². The molecule has 0 saturated heterocycles. The van der Waals surface area contributed by atoms with E-state index in [9.17, 15) is 4.79 Å². The molecule has 0 atom stereocenters. The van der Waals surface area contributed by atoms with Crippen molar-refractivity contribution in [3.63, 3.8) is 0 Å². The lowest BCUT2D eigenvalue weighted by atomic mass is 10.2. The van der Waals surface area contributed by atoms with Gasteiger partial charge in [-0.1, -0.05) is 11.3 Å². The fraction of sp³-hybridized carbons (Fsp3) is 0.545. The molecule has 20 heavy (non-hydrogen) atoms. The number of carbonyl (C=O) groups is 1. The summed E-state index contributed by atoms with van der Waals surface area (Å²) in [5.41, 5.74) is -0.551. The lowest BCUT2D eigenvalue weighted by Crippen LogP contribution is -2.31. The van der Waals surface area contributed by atoms with Gasteiger partial charge in [-0.3, -0.25) is 5.32 Å². The molecule has 1 rings (SSSR count). The van der Waals surface area contributed by atoms with Crippen molar-refractivity contribution in [1.29, 1.82) is 0 Å². The second-order valence-electron chi connectivity index (χ2n) is 4.60. The lowest BCUT2D eigenvalue weighted by Gasteiger charge is -2.18. The monoisotopic (exact) mass is 302 g/mol. The van der Waals surface area contributed by atoms with Crippen molar-refractivity contribution >= 4 is 29.6 Å². The van der Waals surface area contributed by atoms with Crippen LogP contribution >= 0.6 is 11.3 Å². The molecule has 1 heterocycles. The number of hydrogen-bond donors (Lipinski definition) is 2. The third kappa shape index (κ3) is 7.02. The molecular formula is C11H18N4O4S. The number of carbonyl (C=O) groups excluding carboxylic acids is 1. The number of alkyl carbamates (subject to hydrolysis) is 1. The van der Waals surface area contributed by atoms with Crippen molar-refractivity contribution in [2.45, 2.75) is 26.4 Å². The Hall–Kier alpha value is -1.71.